The van der Waals surface area contributed by atoms with Crippen LogP contribution in [0, 0.1) is 17.2 Å². The quantitative estimate of drug-likeness (QED) is 0.395. The second-order valence-electron chi connectivity index (χ2n) is 7.51. The van der Waals surface area contributed by atoms with Gasteiger partial charge in [0.25, 0.3) is 0 Å². The van der Waals surface area contributed by atoms with Crippen molar-refractivity contribution < 1.29 is 0 Å². The Morgan fingerprint density at radius 1 is 1.04 bits per heavy atom. The smallest absolute Gasteiger partial charge is 0.0846 e. The summed E-state index contributed by atoms with van der Waals surface area (Å²) in [6.07, 6.45) is 2.93. The van der Waals surface area contributed by atoms with E-state index in [1.807, 2.05) is 6.07 Å². The summed E-state index contributed by atoms with van der Waals surface area (Å²) >= 11 is 7.11. The molecule has 144 valence electrons. The molecule has 0 saturated heterocycles. The van der Waals surface area contributed by atoms with Crippen molar-refractivity contribution in [3.05, 3.63) is 68.6 Å². The standard InChI is InChI=1S/C23H28Br2N2/c1-18(2)23(17-26,20-10-11-21(24)22(25)16-20)13-7-14-27(3)15-12-19-8-5-4-6-9-19/h4-6,8-11,16,18H,7,12-15H2,1-3H3. The summed E-state index contributed by atoms with van der Waals surface area (Å²) in [6, 6.07) is 19.5. The van der Waals surface area contributed by atoms with Crippen LogP contribution in [0.15, 0.2) is 57.5 Å². The normalized spacial score (nSPS) is 13.6. The van der Waals surface area contributed by atoms with E-state index < -0.39 is 5.41 Å². The van der Waals surface area contributed by atoms with Crippen molar-refractivity contribution in [2.75, 3.05) is 20.1 Å². The number of nitriles is 1. The van der Waals surface area contributed by atoms with Gasteiger partial charge in [-0.1, -0.05) is 50.2 Å². The first kappa shape index (κ1) is 22.1. The third-order valence-corrected chi connectivity index (χ3v) is 7.24. The Morgan fingerprint density at radius 2 is 1.74 bits per heavy atom. The van der Waals surface area contributed by atoms with Crippen LogP contribution in [0.3, 0.4) is 0 Å². The lowest BCUT2D eigenvalue weighted by atomic mass is 9.70. The molecule has 1 atom stereocenters. The van der Waals surface area contributed by atoms with Gasteiger partial charge in [-0.15, -0.1) is 0 Å². The summed E-state index contributed by atoms with van der Waals surface area (Å²) in [5.41, 5.74) is 2.02. The molecule has 0 aliphatic carbocycles. The van der Waals surface area contributed by atoms with Gasteiger partial charge in [0.15, 0.2) is 0 Å². The molecule has 0 spiro atoms. The highest BCUT2D eigenvalue weighted by Crippen LogP contribution is 2.39. The van der Waals surface area contributed by atoms with Gasteiger partial charge in [-0.05, 0) is 93.9 Å². The molecule has 0 saturated carbocycles. The van der Waals surface area contributed by atoms with E-state index in [0.717, 1.165) is 46.9 Å². The Labute approximate surface area is 180 Å². The van der Waals surface area contributed by atoms with Gasteiger partial charge < -0.3 is 4.90 Å². The fourth-order valence-electron chi connectivity index (χ4n) is 3.49. The van der Waals surface area contributed by atoms with Crippen LogP contribution in [0.2, 0.25) is 0 Å². The maximum atomic E-state index is 10.1. The van der Waals surface area contributed by atoms with Gasteiger partial charge in [0, 0.05) is 15.5 Å². The maximum Gasteiger partial charge on any atom is 0.0846 e. The van der Waals surface area contributed by atoms with Crippen molar-refractivity contribution in [2.45, 2.75) is 38.5 Å². The second-order valence-corrected chi connectivity index (χ2v) is 9.22. The van der Waals surface area contributed by atoms with Gasteiger partial charge in [0.05, 0.1) is 11.5 Å². The van der Waals surface area contributed by atoms with Crippen LogP contribution in [0.5, 0.6) is 0 Å². The van der Waals surface area contributed by atoms with Crippen LogP contribution < -0.4 is 0 Å². The number of likely N-dealkylation sites (N-methyl/N-ethyl adjacent to an activating group) is 1. The zero-order valence-electron chi connectivity index (χ0n) is 16.4. The van der Waals surface area contributed by atoms with Gasteiger partial charge >= 0.3 is 0 Å². The van der Waals surface area contributed by atoms with Gasteiger partial charge in [-0.25, -0.2) is 0 Å². The number of hydrogen-bond donors (Lipinski definition) is 0. The van der Waals surface area contributed by atoms with E-state index in [-0.39, 0.29) is 5.92 Å². The highest BCUT2D eigenvalue weighted by atomic mass is 79.9. The van der Waals surface area contributed by atoms with Crippen LogP contribution in [0.1, 0.15) is 37.8 Å². The first-order valence-electron chi connectivity index (χ1n) is 9.48. The summed E-state index contributed by atoms with van der Waals surface area (Å²) in [6.45, 7) is 6.34. The minimum Gasteiger partial charge on any atom is -0.306 e. The highest BCUT2D eigenvalue weighted by Gasteiger charge is 2.35. The second kappa shape index (κ2) is 10.4. The van der Waals surface area contributed by atoms with Gasteiger partial charge in [-0.2, -0.15) is 5.26 Å². The predicted molar refractivity (Wildman–Crippen MR) is 121 cm³/mol. The molecule has 0 aliphatic heterocycles. The lowest BCUT2D eigenvalue weighted by Crippen LogP contribution is -2.32. The van der Waals surface area contributed by atoms with Crippen LogP contribution >= 0.6 is 31.9 Å². The first-order valence-corrected chi connectivity index (χ1v) is 11.1. The van der Waals surface area contributed by atoms with E-state index in [1.54, 1.807) is 0 Å². The van der Waals surface area contributed by atoms with E-state index in [4.69, 9.17) is 0 Å². The third-order valence-electron chi connectivity index (χ3n) is 5.36. The average molecular weight is 492 g/mol. The largest absolute Gasteiger partial charge is 0.306 e. The Bertz CT molecular complexity index is 768. The molecule has 0 radical (unpaired) electrons. The molecule has 0 N–H and O–H groups in total. The molecule has 0 bridgehead atoms. The number of benzene rings is 2. The lowest BCUT2D eigenvalue weighted by Gasteiger charge is -2.32. The molecule has 0 fully saturated rings. The Morgan fingerprint density at radius 3 is 2.33 bits per heavy atom. The van der Waals surface area contributed by atoms with Gasteiger partial charge in [-0.3, -0.25) is 0 Å². The van der Waals surface area contributed by atoms with Crippen molar-refractivity contribution in [1.82, 2.24) is 4.90 Å². The topological polar surface area (TPSA) is 27.0 Å². The van der Waals surface area contributed by atoms with E-state index in [9.17, 15) is 5.26 Å². The summed E-state index contributed by atoms with van der Waals surface area (Å²) in [4.78, 5) is 2.37. The Hall–Kier alpha value is -1.15. The monoisotopic (exact) mass is 490 g/mol. The molecule has 2 aromatic rings. The summed E-state index contributed by atoms with van der Waals surface area (Å²) in [5.74, 6) is 0.255. The minimum atomic E-state index is -0.455. The molecule has 2 aromatic carbocycles. The van der Waals surface area contributed by atoms with Crippen LogP contribution in [-0.4, -0.2) is 25.0 Å². The minimum absolute atomic E-state index is 0.255. The number of halogens is 2. The number of nitrogens with zero attached hydrogens (tertiary/aromatic N) is 2. The average Bonchev–Trinajstić information content (AvgIpc) is 2.66. The molecule has 1 unspecified atom stereocenters. The molecule has 0 heterocycles. The predicted octanol–water partition coefficient (Wildman–Crippen LogP) is 6.58. The van der Waals surface area contributed by atoms with Crippen molar-refractivity contribution in [3.8, 4) is 6.07 Å². The highest BCUT2D eigenvalue weighted by molar-refractivity contribution is 9.13. The molecule has 0 aromatic heterocycles. The van der Waals surface area contributed by atoms with E-state index in [2.05, 4.69) is 106 Å². The summed E-state index contributed by atoms with van der Waals surface area (Å²) in [7, 11) is 2.17. The van der Waals surface area contributed by atoms with Crippen LogP contribution in [-0.2, 0) is 11.8 Å². The Balaban J connectivity index is 1.98. The molecule has 27 heavy (non-hydrogen) atoms. The summed E-state index contributed by atoms with van der Waals surface area (Å²) in [5, 5.41) is 10.1. The number of rotatable bonds is 9. The van der Waals surface area contributed by atoms with Crippen molar-refractivity contribution in [1.29, 1.82) is 5.26 Å². The van der Waals surface area contributed by atoms with E-state index in [0.29, 0.717) is 0 Å². The molecule has 0 amide bonds. The van der Waals surface area contributed by atoms with E-state index in [1.165, 1.54) is 5.56 Å². The van der Waals surface area contributed by atoms with E-state index >= 15 is 0 Å². The SMILES string of the molecule is CC(C)C(C#N)(CCCN(C)CCc1ccccc1)c1ccc(Br)c(Br)c1. The zero-order valence-corrected chi connectivity index (χ0v) is 19.6. The molecular formula is C23H28Br2N2. The molecule has 0 aliphatic rings. The van der Waals surface area contributed by atoms with Crippen molar-refractivity contribution in [3.63, 3.8) is 0 Å². The number of hydrogen-bond acceptors (Lipinski definition) is 2. The van der Waals surface area contributed by atoms with Crippen LogP contribution in [0.4, 0.5) is 0 Å². The Kier molecular flexibility index (Phi) is 8.54. The fourth-order valence-corrected chi connectivity index (χ4v) is 4.12. The maximum absolute atomic E-state index is 10.1. The lowest BCUT2D eigenvalue weighted by molar-refractivity contribution is 0.294. The van der Waals surface area contributed by atoms with Crippen LogP contribution in [0.25, 0.3) is 0 Å². The first-order chi connectivity index (χ1) is 12.9. The van der Waals surface area contributed by atoms with Gasteiger partial charge in [0.2, 0.25) is 0 Å². The third kappa shape index (κ3) is 5.91. The van der Waals surface area contributed by atoms with Gasteiger partial charge in [0.1, 0.15) is 0 Å². The molecule has 2 rings (SSSR count). The van der Waals surface area contributed by atoms with Crippen molar-refractivity contribution >= 4 is 31.9 Å². The zero-order chi connectivity index (χ0) is 19.9. The molecular weight excluding hydrogens is 464 g/mol. The molecule has 4 heteroatoms. The fraction of sp³-hybridized carbons (Fsp3) is 0.435. The van der Waals surface area contributed by atoms with Crippen molar-refractivity contribution in [2.24, 2.45) is 5.92 Å². The summed E-state index contributed by atoms with van der Waals surface area (Å²) < 4.78 is 2.02. The molecule has 2 nitrogen and oxygen atoms in total.